The average molecular weight is 315 g/mol. The van der Waals surface area contributed by atoms with Crippen molar-refractivity contribution in [2.75, 3.05) is 32.2 Å². The van der Waals surface area contributed by atoms with Crippen molar-refractivity contribution < 1.29 is 18.3 Å². The van der Waals surface area contributed by atoms with Gasteiger partial charge in [-0.3, -0.25) is 0 Å². The minimum atomic E-state index is -2.97. The van der Waals surface area contributed by atoms with Gasteiger partial charge < -0.3 is 14.7 Å². The molecule has 0 heterocycles. The zero-order valence-corrected chi connectivity index (χ0v) is 14.0. The fraction of sp³-hybridized carbons (Fsp3) is 0.600. The van der Waals surface area contributed by atoms with Gasteiger partial charge in [-0.2, -0.15) is 0 Å². The lowest BCUT2D eigenvalue weighted by Gasteiger charge is -2.19. The summed E-state index contributed by atoms with van der Waals surface area (Å²) >= 11 is 0. The van der Waals surface area contributed by atoms with Crippen molar-refractivity contribution in [2.24, 2.45) is 0 Å². The lowest BCUT2D eigenvalue weighted by atomic mass is 10.1. The minimum Gasteiger partial charge on any atom is -0.494 e. The molecule has 1 rings (SSSR count). The van der Waals surface area contributed by atoms with Crippen molar-refractivity contribution in [3.8, 4) is 5.75 Å². The van der Waals surface area contributed by atoms with Crippen molar-refractivity contribution in [1.29, 1.82) is 0 Å². The fourth-order valence-electron chi connectivity index (χ4n) is 1.97. The number of benzene rings is 1. The fourth-order valence-corrected chi connectivity index (χ4v) is 2.61. The lowest BCUT2D eigenvalue weighted by molar-refractivity contribution is 0.199. The molecule has 1 N–H and O–H groups in total. The molecule has 1 atom stereocenters. The molecule has 0 radical (unpaired) electrons. The molecule has 0 bridgehead atoms. The summed E-state index contributed by atoms with van der Waals surface area (Å²) in [5.74, 6) is 0.900. The lowest BCUT2D eigenvalue weighted by Crippen LogP contribution is -2.25. The highest BCUT2D eigenvalue weighted by atomic mass is 32.2. The maximum absolute atomic E-state index is 11.2. The van der Waals surface area contributed by atoms with Crippen LogP contribution in [0.4, 0.5) is 0 Å². The van der Waals surface area contributed by atoms with Gasteiger partial charge in [-0.15, -0.1) is 0 Å². The number of rotatable bonds is 8. The van der Waals surface area contributed by atoms with Gasteiger partial charge in [0.25, 0.3) is 0 Å². The van der Waals surface area contributed by atoms with E-state index < -0.39 is 15.9 Å². The Morgan fingerprint density at radius 2 is 2.05 bits per heavy atom. The van der Waals surface area contributed by atoms with Crippen LogP contribution in [0.25, 0.3) is 0 Å². The number of aliphatic hydroxyl groups is 1. The molecule has 0 aromatic heterocycles. The van der Waals surface area contributed by atoms with Crippen LogP contribution in [0.3, 0.4) is 0 Å². The van der Waals surface area contributed by atoms with E-state index in [0.29, 0.717) is 19.7 Å². The third kappa shape index (κ3) is 6.46. The third-order valence-corrected chi connectivity index (χ3v) is 4.08. The smallest absolute Gasteiger partial charge is 0.148 e. The second kappa shape index (κ2) is 7.77. The summed E-state index contributed by atoms with van der Waals surface area (Å²) in [5.41, 5.74) is 1.77. The zero-order valence-electron chi connectivity index (χ0n) is 13.2. The van der Waals surface area contributed by atoms with Crippen LogP contribution in [0.2, 0.25) is 0 Å². The maximum atomic E-state index is 11.2. The summed E-state index contributed by atoms with van der Waals surface area (Å²) in [6.45, 7) is 5.23. The number of nitrogens with zero attached hydrogens (tertiary/aromatic N) is 1. The Kier molecular flexibility index (Phi) is 6.64. The van der Waals surface area contributed by atoms with E-state index in [0.717, 1.165) is 16.9 Å². The zero-order chi connectivity index (χ0) is 16.0. The van der Waals surface area contributed by atoms with Crippen molar-refractivity contribution in [1.82, 2.24) is 4.90 Å². The predicted molar refractivity (Wildman–Crippen MR) is 84.3 cm³/mol. The molecule has 0 fully saturated rings. The first-order valence-corrected chi connectivity index (χ1v) is 9.09. The first kappa shape index (κ1) is 17.9. The minimum absolute atomic E-state index is 0.129. The Labute approximate surface area is 127 Å². The van der Waals surface area contributed by atoms with E-state index in [2.05, 4.69) is 0 Å². The van der Waals surface area contributed by atoms with Gasteiger partial charge in [-0.25, -0.2) is 8.42 Å². The molecule has 1 unspecified atom stereocenters. The van der Waals surface area contributed by atoms with Gasteiger partial charge in [0.15, 0.2) is 0 Å². The molecule has 120 valence electrons. The summed E-state index contributed by atoms with van der Waals surface area (Å²) in [4.78, 5) is 1.94. The summed E-state index contributed by atoms with van der Waals surface area (Å²) in [6.07, 6.45) is 0.696. The SMILES string of the molecule is CCOc1ccc(C(C)O)cc1CN(C)CCS(C)(=O)=O. The van der Waals surface area contributed by atoms with Crippen molar-refractivity contribution in [2.45, 2.75) is 26.5 Å². The molecule has 1 aromatic carbocycles. The first-order valence-electron chi connectivity index (χ1n) is 7.03. The Balaban J connectivity index is 2.85. The normalized spacial score (nSPS) is 13.4. The van der Waals surface area contributed by atoms with Gasteiger partial charge >= 0.3 is 0 Å². The molecule has 21 heavy (non-hydrogen) atoms. The quantitative estimate of drug-likeness (QED) is 0.789. The second-order valence-corrected chi connectivity index (χ2v) is 7.60. The van der Waals surface area contributed by atoms with Gasteiger partial charge in [0, 0.05) is 24.9 Å². The number of aliphatic hydroxyl groups excluding tert-OH is 1. The van der Waals surface area contributed by atoms with E-state index in [4.69, 9.17) is 4.74 Å². The Bertz CT molecular complexity index is 555. The number of ether oxygens (including phenoxy) is 1. The highest BCUT2D eigenvalue weighted by molar-refractivity contribution is 7.90. The summed E-state index contributed by atoms with van der Waals surface area (Å²) in [7, 11) is -1.10. The molecule has 0 spiro atoms. The van der Waals surface area contributed by atoms with Crippen molar-refractivity contribution >= 4 is 9.84 Å². The molecule has 0 saturated carbocycles. The Hall–Kier alpha value is -1.11. The van der Waals surface area contributed by atoms with Crippen LogP contribution in [-0.4, -0.2) is 50.6 Å². The molecule has 0 aliphatic carbocycles. The highest BCUT2D eigenvalue weighted by Gasteiger charge is 2.12. The van der Waals surface area contributed by atoms with Crippen LogP contribution >= 0.6 is 0 Å². The molecular formula is C15H25NO4S. The highest BCUT2D eigenvalue weighted by Crippen LogP contribution is 2.24. The van der Waals surface area contributed by atoms with E-state index >= 15 is 0 Å². The molecule has 0 amide bonds. The van der Waals surface area contributed by atoms with Gasteiger partial charge in [-0.05, 0) is 38.6 Å². The number of hydrogen-bond donors (Lipinski definition) is 1. The maximum Gasteiger partial charge on any atom is 0.148 e. The summed E-state index contributed by atoms with van der Waals surface area (Å²) in [5, 5.41) is 9.68. The van der Waals surface area contributed by atoms with E-state index in [-0.39, 0.29) is 5.75 Å². The molecule has 0 saturated heterocycles. The van der Waals surface area contributed by atoms with Crippen molar-refractivity contribution in [3.05, 3.63) is 29.3 Å². The molecule has 1 aromatic rings. The van der Waals surface area contributed by atoms with Gasteiger partial charge in [-0.1, -0.05) is 6.07 Å². The average Bonchev–Trinajstić information content (AvgIpc) is 2.37. The molecular weight excluding hydrogens is 290 g/mol. The number of hydrogen-bond acceptors (Lipinski definition) is 5. The van der Waals surface area contributed by atoms with Gasteiger partial charge in [0.1, 0.15) is 15.6 Å². The van der Waals surface area contributed by atoms with Crippen LogP contribution in [0.15, 0.2) is 18.2 Å². The Morgan fingerprint density at radius 1 is 1.38 bits per heavy atom. The summed E-state index contributed by atoms with van der Waals surface area (Å²) in [6, 6.07) is 5.60. The standard InChI is InChI=1S/C15H25NO4S/c1-5-20-15-7-6-13(12(2)17)10-14(15)11-16(3)8-9-21(4,18)19/h6-7,10,12,17H,5,8-9,11H2,1-4H3. The van der Waals surface area contributed by atoms with Gasteiger partial charge in [0.05, 0.1) is 18.5 Å². The third-order valence-electron chi connectivity index (χ3n) is 3.15. The van der Waals surface area contributed by atoms with E-state index in [1.165, 1.54) is 6.26 Å². The molecule has 5 nitrogen and oxygen atoms in total. The predicted octanol–water partition coefficient (Wildman–Crippen LogP) is 1.61. The monoisotopic (exact) mass is 315 g/mol. The molecule has 0 aliphatic heterocycles. The molecule has 6 heteroatoms. The number of sulfone groups is 1. The van der Waals surface area contributed by atoms with Crippen molar-refractivity contribution in [3.63, 3.8) is 0 Å². The van der Waals surface area contributed by atoms with Crippen LogP contribution in [0, 0.1) is 0 Å². The van der Waals surface area contributed by atoms with E-state index in [1.807, 2.05) is 37.1 Å². The topological polar surface area (TPSA) is 66.8 Å². The first-order chi connectivity index (χ1) is 9.73. The van der Waals surface area contributed by atoms with Crippen LogP contribution < -0.4 is 4.74 Å². The largest absolute Gasteiger partial charge is 0.494 e. The second-order valence-electron chi connectivity index (χ2n) is 5.34. The van der Waals surface area contributed by atoms with Crippen LogP contribution in [0.1, 0.15) is 31.1 Å². The molecule has 0 aliphatic rings. The van der Waals surface area contributed by atoms with E-state index in [1.54, 1.807) is 6.92 Å². The Morgan fingerprint density at radius 3 is 2.57 bits per heavy atom. The summed E-state index contributed by atoms with van der Waals surface area (Å²) < 4.78 is 28.0. The van der Waals surface area contributed by atoms with Gasteiger partial charge in [0.2, 0.25) is 0 Å². The van der Waals surface area contributed by atoms with Crippen LogP contribution in [0.5, 0.6) is 5.75 Å². The van der Waals surface area contributed by atoms with E-state index in [9.17, 15) is 13.5 Å². The van der Waals surface area contributed by atoms with Crippen LogP contribution in [-0.2, 0) is 16.4 Å².